The number of fused-ring (bicyclic) bond motifs is 3. The topological polar surface area (TPSA) is 75.3 Å². The van der Waals surface area contributed by atoms with Crippen molar-refractivity contribution >= 4 is 17.7 Å². The van der Waals surface area contributed by atoms with Crippen molar-refractivity contribution in [1.82, 2.24) is 10.6 Å². The largest absolute Gasteiger partial charge is 0.351 e. The normalized spacial score (nSPS) is 36.9. The zero-order chi connectivity index (χ0) is 16.7. The molecule has 7 heteroatoms. The number of piperidine rings is 1. The molecule has 0 aromatic heterocycles. The standard InChI is InChI=1S/C16H22F2N2O3/c17-14(18)15-3-6-16(7-4-15,8-5-15)20-12(22)9-10-1-2-11(21)19-13(10)23/h10,14H,1-9H2,(H,20,22)(H,19,21,23). The van der Waals surface area contributed by atoms with E-state index in [4.69, 9.17) is 0 Å². The van der Waals surface area contributed by atoms with Crippen LogP contribution in [0.2, 0.25) is 0 Å². The maximum atomic E-state index is 13.2. The number of nitrogens with one attached hydrogen (secondary N) is 2. The third kappa shape index (κ3) is 3.10. The Morgan fingerprint density at radius 1 is 1.17 bits per heavy atom. The number of halogens is 2. The second-order valence-electron chi connectivity index (χ2n) is 7.34. The number of amides is 3. The number of carbonyl (C=O) groups is 3. The van der Waals surface area contributed by atoms with Crippen molar-refractivity contribution < 1.29 is 23.2 Å². The number of imide groups is 1. The fourth-order valence-corrected chi connectivity index (χ4v) is 4.23. The van der Waals surface area contributed by atoms with Gasteiger partial charge in [0.25, 0.3) is 0 Å². The van der Waals surface area contributed by atoms with Gasteiger partial charge in [-0.05, 0) is 44.9 Å². The molecule has 1 unspecified atom stereocenters. The molecule has 128 valence electrons. The molecule has 1 atom stereocenters. The van der Waals surface area contributed by atoms with E-state index in [1.165, 1.54) is 0 Å². The Morgan fingerprint density at radius 3 is 2.30 bits per heavy atom. The monoisotopic (exact) mass is 328 g/mol. The Morgan fingerprint density at radius 2 is 1.78 bits per heavy atom. The van der Waals surface area contributed by atoms with Crippen LogP contribution in [-0.2, 0) is 14.4 Å². The molecular formula is C16H22F2N2O3. The van der Waals surface area contributed by atoms with Crippen molar-refractivity contribution in [3.63, 3.8) is 0 Å². The van der Waals surface area contributed by atoms with Gasteiger partial charge in [0.15, 0.2) is 0 Å². The van der Waals surface area contributed by atoms with Crippen LogP contribution in [0.1, 0.15) is 57.8 Å². The quantitative estimate of drug-likeness (QED) is 0.774. The summed E-state index contributed by atoms with van der Waals surface area (Å²) in [6.45, 7) is 0. The molecule has 5 nitrogen and oxygen atoms in total. The van der Waals surface area contributed by atoms with Gasteiger partial charge in [-0.1, -0.05) is 0 Å². The van der Waals surface area contributed by atoms with Gasteiger partial charge in [0.1, 0.15) is 0 Å². The maximum absolute atomic E-state index is 13.2. The lowest BCUT2D eigenvalue weighted by molar-refractivity contribution is -0.140. The van der Waals surface area contributed by atoms with Gasteiger partial charge in [0.2, 0.25) is 24.1 Å². The van der Waals surface area contributed by atoms with Crippen molar-refractivity contribution in [1.29, 1.82) is 0 Å². The molecular weight excluding hydrogens is 306 g/mol. The molecule has 2 bridgehead atoms. The van der Waals surface area contributed by atoms with Crippen molar-refractivity contribution in [2.75, 3.05) is 0 Å². The van der Waals surface area contributed by atoms with Crippen LogP contribution >= 0.6 is 0 Å². The minimum absolute atomic E-state index is 0.0564. The van der Waals surface area contributed by atoms with Crippen LogP contribution in [0.25, 0.3) is 0 Å². The van der Waals surface area contributed by atoms with E-state index in [-0.39, 0.29) is 30.2 Å². The van der Waals surface area contributed by atoms with E-state index in [9.17, 15) is 23.2 Å². The summed E-state index contributed by atoms with van der Waals surface area (Å²) < 4.78 is 26.4. The highest BCUT2D eigenvalue weighted by Gasteiger charge is 2.53. The van der Waals surface area contributed by atoms with Crippen molar-refractivity contribution in [3.8, 4) is 0 Å². The Bertz CT molecular complexity index is 511. The Kier molecular flexibility index (Phi) is 4.14. The molecule has 3 amide bonds. The molecule has 3 aliphatic carbocycles. The van der Waals surface area contributed by atoms with Crippen LogP contribution in [0.15, 0.2) is 0 Å². The zero-order valence-electron chi connectivity index (χ0n) is 13.0. The van der Waals surface area contributed by atoms with E-state index >= 15 is 0 Å². The first kappa shape index (κ1) is 16.3. The van der Waals surface area contributed by atoms with E-state index < -0.39 is 23.7 Å². The summed E-state index contributed by atoms with van der Waals surface area (Å²) >= 11 is 0. The van der Waals surface area contributed by atoms with Crippen molar-refractivity contribution in [2.45, 2.75) is 69.8 Å². The number of alkyl halides is 2. The van der Waals surface area contributed by atoms with E-state index in [1.807, 2.05) is 0 Å². The lowest BCUT2D eigenvalue weighted by atomic mass is 9.57. The average Bonchev–Trinajstić information content (AvgIpc) is 2.51. The molecule has 1 saturated heterocycles. The van der Waals surface area contributed by atoms with Crippen LogP contribution < -0.4 is 10.6 Å². The van der Waals surface area contributed by atoms with E-state index in [2.05, 4.69) is 10.6 Å². The van der Waals surface area contributed by atoms with Gasteiger partial charge in [-0.2, -0.15) is 0 Å². The highest BCUT2D eigenvalue weighted by molar-refractivity contribution is 6.00. The second kappa shape index (κ2) is 5.83. The molecule has 1 aliphatic heterocycles. The maximum Gasteiger partial charge on any atom is 0.244 e. The van der Waals surface area contributed by atoms with E-state index in [0.29, 0.717) is 44.9 Å². The van der Waals surface area contributed by atoms with Crippen LogP contribution in [-0.4, -0.2) is 29.7 Å². The van der Waals surface area contributed by atoms with Crippen molar-refractivity contribution in [3.05, 3.63) is 0 Å². The SMILES string of the molecule is O=C1CCC(CC(=O)NC23CCC(C(F)F)(CC2)CC3)C(=O)N1. The molecule has 1 heterocycles. The Balaban J connectivity index is 1.55. The second-order valence-corrected chi connectivity index (χ2v) is 7.34. The van der Waals surface area contributed by atoms with Gasteiger partial charge in [0, 0.05) is 29.7 Å². The van der Waals surface area contributed by atoms with Crippen molar-refractivity contribution in [2.24, 2.45) is 11.3 Å². The molecule has 4 rings (SSSR count). The molecule has 23 heavy (non-hydrogen) atoms. The predicted molar refractivity (Wildman–Crippen MR) is 77.5 cm³/mol. The first-order valence-electron chi connectivity index (χ1n) is 8.27. The summed E-state index contributed by atoms with van der Waals surface area (Å²) in [5, 5.41) is 5.25. The number of carbonyl (C=O) groups excluding carboxylic acids is 3. The molecule has 0 spiro atoms. The number of hydrogen-bond donors (Lipinski definition) is 2. The number of rotatable bonds is 4. The Hall–Kier alpha value is -1.53. The third-order valence-electron chi connectivity index (χ3n) is 5.96. The molecule has 4 fully saturated rings. The predicted octanol–water partition coefficient (Wildman–Crippen LogP) is 1.90. The summed E-state index contributed by atoms with van der Waals surface area (Å²) in [5.74, 6) is -1.38. The fourth-order valence-electron chi connectivity index (χ4n) is 4.23. The van der Waals surface area contributed by atoms with Gasteiger partial charge < -0.3 is 5.32 Å². The molecule has 2 N–H and O–H groups in total. The van der Waals surface area contributed by atoms with Crippen LogP contribution in [0.4, 0.5) is 8.78 Å². The smallest absolute Gasteiger partial charge is 0.244 e. The number of hydrogen-bond acceptors (Lipinski definition) is 3. The van der Waals surface area contributed by atoms with Gasteiger partial charge >= 0.3 is 0 Å². The minimum atomic E-state index is -2.29. The van der Waals surface area contributed by atoms with Gasteiger partial charge in [-0.15, -0.1) is 0 Å². The molecule has 0 aromatic rings. The summed E-state index contributed by atoms with van der Waals surface area (Å²) in [6.07, 6.45) is 1.50. The summed E-state index contributed by atoms with van der Waals surface area (Å²) in [7, 11) is 0. The van der Waals surface area contributed by atoms with Crippen LogP contribution in [0.5, 0.6) is 0 Å². The first-order valence-corrected chi connectivity index (χ1v) is 8.27. The summed E-state index contributed by atoms with van der Waals surface area (Å²) in [6, 6.07) is 0. The minimum Gasteiger partial charge on any atom is -0.351 e. The summed E-state index contributed by atoms with van der Waals surface area (Å²) in [5.41, 5.74) is -1.23. The van der Waals surface area contributed by atoms with Gasteiger partial charge in [-0.25, -0.2) is 8.78 Å². The third-order valence-corrected chi connectivity index (χ3v) is 5.96. The highest BCUT2D eigenvalue weighted by Crippen LogP contribution is 2.55. The molecule has 3 saturated carbocycles. The van der Waals surface area contributed by atoms with Crippen LogP contribution in [0.3, 0.4) is 0 Å². The first-order chi connectivity index (χ1) is 10.8. The zero-order valence-corrected chi connectivity index (χ0v) is 13.0. The average molecular weight is 328 g/mol. The van der Waals surface area contributed by atoms with E-state index in [1.54, 1.807) is 0 Å². The lowest BCUT2D eigenvalue weighted by Gasteiger charge is -2.53. The highest BCUT2D eigenvalue weighted by atomic mass is 19.3. The van der Waals surface area contributed by atoms with Gasteiger partial charge in [-0.3, -0.25) is 19.7 Å². The van der Waals surface area contributed by atoms with E-state index in [0.717, 1.165) is 0 Å². The van der Waals surface area contributed by atoms with Gasteiger partial charge in [0.05, 0.1) is 0 Å². The van der Waals surface area contributed by atoms with Crippen LogP contribution in [0, 0.1) is 11.3 Å². The summed E-state index contributed by atoms with van der Waals surface area (Å²) in [4.78, 5) is 35.1. The Labute approximate surface area is 133 Å². The molecule has 0 aromatic carbocycles. The molecule has 0 radical (unpaired) electrons. The lowest BCUT2D eigenvalue weighted by Crippen LogP contribution is -2.58. The molecule has 4 aliphatic rings. The fraction of sp³-hybridized carbons (Fsp3) is 0.812.